The maximum absolute atomic E-state index is 4.38. The van der Waals surface area contributed by atoms with Crippen LogP contribution in [0, 0.1) is 0 Å². The third kappa shape index (κ3) is 2.31. The van der Waals surface area contributed by atoms with Crippen molar-refractivity contribution in [3.63, 3.8) is 0 Å². The van der Waals surface area contributed by atoms with Crippen LogP contribution >= 0.6 is 11.3 Å². The number of thiazole rings is 1. The van der Waals surface area contributed by atoms with Crippen molar-refractivity contribution < 1.29 is 0 Å². The summed E-state index contributed by atoms with van der Waals surface area (Å²) in [6.07, 6.45) is 5.46. The second-order valence-corrected chi connectivity index (χ2v) is 6.88. The minimum absolute atomic E-state index is 0.767. The standard InChI is InChI=1S/C16H21N3S/c1-2-7-18-8-3-9-19(11-14(18)4-1)13-5-6-15-16(10-13)20-12-17-15/h5-6,10,12,14H,1-4,7-9,11H2. The molecule has 2 aromatic rings. The number of rotatable bonds is 1. The molecule has 2 aliphatic rings. The second kappa shape index (κ2) is 5.34. The molecule has 3 nitrogen and oxygen atoms in total. The van der Waals surface area contributed by atoms with Crippen LogP contribution in [0.3, 0.4) is 0 Å². The van der Waals surface area contributed by atoms with Gasteiger partial charge in [-0.1, -0.05) is 6.42 Å². The molecule has 20 heavy (non-hydrogen) atoms. The molecule has 4 heteroatoms. The predicted octanol–water partition coefficient (Wildman–Crippen LogP) is 3.36. The van der Waals surface area contributed by atoms with Crippen molar-refractivity contribution in [3.8, 4) is 0 Å². The Balaban J connectivity index is 1.60. The van der Waals surface area contributed by atoms with Gasteiger partial charge in [-0.3, -0.25) is 4.90 Å². The van der Waals surface area contributed by atoms with Gasteiger partial charge < -0.3 is 4.90 Å². The van der Waals surface area contributed by atoms with Crippen LogP contribution in [0.25, 0.3) is 10.2 Å². The molecular weight excluding hydrogens is 266 g/mol. The Labute approximate surface area is 124 Å². The summed E-state index contributed by atoms with van der Waals surface area (Å²) in [6, 6.07) is 7.51. The average Bonchev–Trinajstić information content (AvgIpc) is 2.84. The van der Waals surface area contributed by atoms with E-state index in [1.165, 1.54) is 62.2 Å². The van der Waals surface area contributed by atoms with Gasteiger partial charge in [-0.25, -0.2) is 4.98 Å². The van der Waals surface area contributed by atoms with Crippen LogP contribution in [-0.2, 0) is 0 Å². The molecule has 106 valence electrons. The molecule has 0 saturated carbocycles. The van der Waals surface area contributed by atoms with Crippen molar-refractivity contribution in [2.75, 3.05) is 31.1 Å². The lowest BCUT2D eigenvalue weighted by molar-refractivity contribution is 0.162. The summed E-state index contributed by atoms with van der Waals surface area (Å²) in [5.41, 5.74) is 4.46. The van der Waals surface area contributed by atoms with Crippen molar-refractivity contribution in [1.82, 2.24) is 9.88 Å². The molecule has 3 heterocycles. The van der Waals surface area contributed by atoms with Gasteiger partial charge >= 0.3 is 0 Å². The first-order valence-electron chi connectivity index (χ1n) is 7.72. The number of benzene rings is 1. The number of hydrogen-bond donors (Lipinski definition) is 0. The van der Waals surface area contributed by atoms with E-state index in [-0.39, 0.29) is 0 Å². The first kappa shape index (κ1) is 12.6. The van der Waals surface area contributed by atoms with Crippen LogP contribution in [0.15, 0.2) is 23.7 Å². The zero-order chi connectivity index (χ0) is 13.4. The molecular formula is C16H21N3S. The lowest BCUT2D eigenvalue weighted by Gasteiger charge is -2.35. The van der Waals surface area contributed by atoms with Crippen LogP contribution in [0.2, 0.25) is 0 Å². The summed E-state index contributed by atoms with van der Waals surface area (Å²) in [5.74, 6) is 0. The van der Waals surface area contributed by atoms with Gasteiger partial charge in [0.25, 0.3) is 0 Å². The molecule has 1 aromatic carbocycles. The van der Waals surface area contributed by atoms with Gasteiger partial charge in [-0.2, -0.15) is 0 Å². The quantitative estimate of drug-likeness (QED) is 0.802. The Bertz CT molecular complexity index is 594. The van der Waals surface area contributed by atoms with Crippen molar-refractivity contribution in [1.29, 1.82) is 0 Å². The molecule has 0 radical (unpaired) electrons. The molecule has 0 bridgehead atoms. The van der Waals surface area contributed by atoms with Gasteiger partial charge in [-0.15, -0.1) is 11.3 Å². The minimum atomic E-state index is 0.767. The van der Waals surface area contributed by atoms with Gasteiger partial charge in [0.15, 0.2) is 0 Å². The van der Waals surface area contributed by atoms with E-state index in [4.69, 9.17) is 0 Å². The smallest absolute Gasteiger partial charge is 0.0813 e. The fourth-order valence-corrected chi connectivity index (χ4v) is 4.36. The van der Waals surface area contributed by atoms with Crippen molar-refractivity contribution in [2.45, 2.75) is 31.7 Å². The fourth-order valence-electron chi connectivity index (χ4n) is 3.65. The highest BCUT2D eigenvalue weighted by atomic mass is 32.1. The van der Waals surface area contributed by atoms with E-state index in [1.54, 1.807) is 11.3 Å². The average molecular weight is 287 g/mol. The van der Waals surface area contributed by atoms with Crippen LogP contribution in [0.4, 0.5) is 5.69 Å². The van der Waals surface area contributed by atoms with Crippen molar-refractivity contribution in [2.24, 2.45) is 0 Å². The van der Waals surface area contributed by atoms with Gasteiger partial charge in [-0.05, 0) is 44.0 Å². The number of anilines is 1. The maximum atomic E-state index is 4.38. The minimum Gasteiger partial charge on any atom is -0.370 e. The summed E-state index contributed by atoms with van der Waals surface area (Å²) >= 11 is 1.75. The SMILES string of the molecule is c1nc2ccc(N3CCCN4CCCCC4C3)cc2s1. The fraction of sp³-hybridized carbons (Fsp3) is 0.562. The second-order valence-electron chi connectivity index (χ2n) is 5.99. The van der Waals surface area contributed by atoms with E-state index in [2.05, 4.69) is 33.0 Å². The Morgan fingerprint density at radius 3 is 3.05 bits per heavy atom. The van der Waals surface area contributed by atoms with Crippen LogP contribution < -0.4 is 4.90 Å². The van der Waals surface area contributed by atoms with Gasteiger partial charge in [0.05, 0.1) is 15.7 Å². The van der Waals surface area contributed by atoms with Gasteiger partial charge in [0, 0.05) is 31.4 Å². The number of piperidine rings is 1. The topological polar surface area (TPSA) is 19.4 Å². The summed E-state index contributed by atoms with van der Waals surface area (Å²) in [6.45, 7) is 4.98. The molecule has 0 N–H and O–H groups in total. The largest absolute Gasteiger partial charge is 0.370 e. The zero-order valence-corrected chi connectivity index (χ0v) is 12.6. The van der Waals surface area contributed by atoms with E-state index in [0.29, 0.717) is 0 Å². The highest BCUT2D eigenvalue weighted by Crippen LogP contribution is 2.28. The Morgan fingerprint density at radius 2 is 2.05 bits per heavy atom. The lowest BCUT2D eigenvalue weighted by atomic mass is 10.0. The molecule has 0 spiro atoms. The molecule has 0 aliphatic carbocycles. The summed E-state index contributed by atoms with van der Waals surface area (Å²) in [7, 11) is 0. The monoisotopic (exact) mass is 287 g/mol. The highest BCUT2D eigenvalue weighted by molar-refractivity contribution is 7.16. The first-order chi connectivity index (χ1) is 9.90. The summed E-state index contributed by atoms with van der Waals surface area (Å²) in [4.78, 5) is 9.69. The molecule has 1 atom stereocenters. The summed E-state index contributed by atoms with van der Waals surface area (Å²) < 4.78 is 1.31. The third-order valence-corrected chi connectivity index (χ3v) is 5.53. The molecule has 4 rings (SSSR count). The van der Waals surface area contributed by atoms with Gasteiger partial charge in [0.2, 0.25) is 0 Å². The lowest BCUT2D eigenvalue weighted by Crippen LogP contribution is -2.44. The van der Waals surface area contributed by atoms with Crippen LogP contribution in [0.5, 0.6) is 0 Å². The Morgan fingerprint density at radius 1 is 1.10 bits per heavy atom. The van der Waals surface area contributed by atoms with E-state index < -0.39 is 0 Å². The molecule has 2 fully saturated rings. The highest BCUT2D eigenvalue weighted by Gasteiger charge is 2.27. The number of fused-ring (bicyclic) bond motifs is 2. The number of aromatic nitrogens is 1. The molecule has 0 amide bonds. The van der Waals surface area contributed by atoms with E-state index in [9.17, 15) is 0 Å². The molecule has 1 aromatic heterocycles. The van der Waals surface area contributed by atoms with E-state index in [1.807, 2.05) is 5.51 Å². The first-order valence-corrected chi connectivity index (χ1v) is 8.60. The van der Waals surface area contributed by atoms with Crippen LogP contribution in [0.1, 0.15) is 25.7 Å². The molecule has 2 aliphatic heterocycles. The van der Waals surface area contributed by atoms with Gasteiger partial charge in [0.1, 0.15) is 0 Å². The Hall–Kier alpha value is -1.13. The third-order valence-electron chi connectivity index (χ3n) is 4.73. The maximum Gasteiger partial charge on any atom is 0.0813 e. The zero-order valence-electron chi connectivity index (χ0n) is 11.8. The predicted molar refractivity (Wildman–Crippen MR) is 85.7 cm³/mol. The Kier molecular flexibility index (Phi) is 3.36. The number of hydrogen-bond acceptors (Lipinski definition) is 4. The molecule has 1 unspecified atom stereocenters. The van der Waals surface area contributed by atoms with Crippen molar-refractivity contribution >= 4 is 27.2 Å². The van der Waals surface area contributed by atoms with E-state index >= 15 is 0 Å². The summed E-state index contributed by atoms with van der Waals surface area (Å²) in [5, 5.41) is 0. The molecule has 2 saturated heterocycles. The normalized spacial score (nSPS) is 24.6. The van der Waals surface area contributed by atoms with Crippen LogP contribution in [-0.4, -0.2) is 42.1 Å². The van der Waals surface area contributed by atoms with Crippen molar-refractivity contribution in [3.05, 3.63) is 23.7 Å². The van der Waals surface area contributed by atoms with E-state index in [0.717, 1.165) is 11.6 Å². The number of nitrogens with zero attached hydrogens (tertiary/aromatic N) is 3.